The summed E-state index contributed by atoms with van der Waals surface area (Å²) in [4.78, 5) is 15.1. The first kappa shape index (κ1) is 17.0. The van der Waals surface area contributed by atoms with E-state index in [1.807, 2.05) is 0 Å². The molecule has 1 heterocycles. The van der Waals surface area contributed by atoms with Gasteiger partial charge in [0, 0.05) is 12.1 Å². The van der Waals surface area contributed by atoms with Crippen LogP contribution in [0.3, 0.4) is 0 Å². The Kier molecular flexibility index (Phi) is 5.78. The minimum atomic E-state index is -1.38. The van der Waals surface area contributed by atoms with Gasteiger partial charge < -0.3 is 15.2 Å². The minimum absolute atomic E-state index is 0.0753. The molecule has 2 N–H and O–H groups in total. The second-order valence-electron chi connectivity index (χ2n) is 5.34. The molecule has 0 bridgehead atoms. The molecule has 0 aliphatic heterocycles. The molecule has 21 heavy (non-hydrogen) atoms. The summed E-state index contributed by atoms with van der Waals surface area (Å²) in [7, 11) is 0. The number of hydrogen-bond donors (Lipinski definition) is 2. The lowest BCUT2D eigenvalue weighted by atomic mass is 10.1. The average molecular weight is 300 g/mol. The van der Waals surface area contributed by atoms with E-state index in [0.717, 1.165) is 12.3 Å². The van der Waals surface area contributed by atoms with Crippen LogP contribution in [0.25, 0.3) is 0 Å². The number of alkyl carbamates (subject to hydrolysis) is 1. The smallest absolute Gasteiger partial charge is 0.407 e. The highest BCUT2D eigenvalue weighted by atomic mass is 19.1. The molecule has 1 aromatic heterocycles. The third-order valence-corrected chi connectivity index (χ3v) is 2.36. The van der Waals surface area contributed by atoms with Crippen LogP contribution in [-0.2, 0) is 4.74 Å². The molecule has 0 saturated heterocycles. The van der Waals surface area contributed by atoms with Crippen LogP contribution in [0.4, 0.5) is 13.6 Å². The lowest BCUT2D eigenvalue weighted by Crippen LogP contribution is -2.34. The van der Waals surface area contributed by atoms with Crippen LogP contribution >= 0.6 is 0 Å². The fraction of sp³-hybridized carbons (Fsp3) is 0.429. The number of aromatic nitrogens is 1. The van der Waals surface area contributed by atoms with Gasteiger partial charge in [-0.05, 0) is 32.9 Å². The zero-order valence-electron chi connectivity index (χ0n) is 12.1. The molecule has 1 atom stereocenters. The van der Waals surface area contributed by atoms with Gasteiger partial charge in [-0.15, -0.1) is 0 Å². The van der Waals surface area contributed by atoms with Crippen molar-refractivity contribution in [3.63, 3.8) is 0 Å². The molecule has 7 heteroatoms. The number of halogens is 2. The van der Waals surface area contributed by atoms with Crippen molar-refractivity contribution < 1.29 is 23.4 Å². The van der Waals surface area contributed by atoms with E-state index in [2.05, 4.69) is 10.3 Å². The summed E-state index contributed by atoms with van der Waals surface area (Å²) in [6.07, 6.45) is -1.03. The monoisotopic (exact) mass is 300 g/mol. The average Bonchev–Trinajstić information content (AvgIpc) is 2.38. The van der Waals surface area contributed by atoms with Crippen molar-refractivity contribution in [1.82, 2.24) is 10.3 Å². The number of carbonyl (C=O) groups is 1. The van der Waals surface area contributed by atoms with E-state index < -0.39 is 23.6 Å². The van der Waals surface area contributed by atoms with E-state index in [0.29, 0.717) is 0 Å². The molecule has 116 valence electrons. The Morgan fingerprint density at radius 2 is 2.19 bits per heavy atom. The van der Waals surface area contributed by atoms with Gasteiger partial charge >= 0.3 is 6.09 Å². The highest BCUT2D eigenvalue weighted by Crippen LogP contribution is 2.19. The Balaban J connectivity index is 2.63. The third-order valence-electron chi connectivity index (χ3n) is 2.36. The summed E-state index contributed by atoms with van der Waals surface area (Å²) in [5.74, 6) is -0.566. The second kappa shape index (κ2) is 7.12. The lowest BCUT2D eigenvalue weighted by molar-refractivity contribution is 0.0529. The van der Waals surface area contributed by atoms with Crippen molar-refractivity contribution >= 4 is 6.09 Å². The number of carbonyl (C=O) groups excluding carboxylic acids is 1. The topological polar surface area (TPSA) is 71.5 Å². The van der Waals surface area contributed by atoms with Crippen LogP contribution in [0.5, 0.6) is 0 Å². The number of pyridine rings is 1. The highest BCUT2D eigenvalue weighted by molar-refractivity contribution is 5.68. The molecule has 1 rings (SSSR count). The first-order valence-corrected chi connectivity index (χ1v) is 6.28. The summed E-state index contributed by atoms with van der Waals surface area (Å²) in [6.45, 7) is 4.81. The van der Waals surface area contributed by atoms with Crippen molar-refractivity contribution in [2.45, 2.75) is 32.5 Å². The summed E-state index contributed by atoms with van der Waals surface area (Å²) in [5, 5.41) is 12.3. The van der Waals surface area contributed by atoms with Gasteiger partial charge in [-0.2, -0.15) is 0 Å². The van der Waals surface area contributed by atoms with Crippen LogP contribution in [0, 0.1) is 5.82 Å². The lowest BCUT2D eigenvalue weighted by Gasteiger charge is -2.20. The summed E-state index contributed by atoms with van der Waals surface area (Å²) in [6, 6.07) is 2.33. The van der Waals surface area contributed by atoms with Crippen LogP contribution < -0.4 is 5.32 Å². The normalized spacial score (nSPS) is 13.7. The summed E-state index contributed by atoms with van der Waals surface area (Å²) in [5.41, 5.74) is -0.730. The van der Waals surface area contributed by atoms with Gasteiger partial charge in [0.05, 0.1) is 18.2 Å². The van der Waals surface area contributed by atoms with Gasteiger partial charge in [-0.1, -0.05) is 0 Å². The molecule has 1 amide bonds. The van der Waals surface area contributed by atoms with E-state index in [-0.39, 0.29) is 24.1 Å². The number of ether oxygens (including phenoxy) is 1. The molecule has 1 unspecified atom stereocenters. The van der Waals surface area contributed by atoms with Gasteiger partial charge in [0.25, 0.3) is 0 Å². The standard InChI is InChI=1S/C14H18F2N2O3/c1-14(2,3)21-13(20)18-7-9(6-15)12(19)11-5-4-10(16)8-17-11/h4-6,8,12,19H,7H2,1-3H3,(H,18,20)/b9-6-. The third kappa shape index (κ3) is 5.86. The Labute approximate surface area is 121 Å². The fourth-order valence-electron chi connectivity index (χ4n) is 1.42. The highest BCUT2D eigenvalue weighted by Gasteiger charge is 2.19. The van der Waals surface area contributed by atoms with E-state index in [1.54, 1.807) is 20.8 Å². The van der Waals surface area contributed by atoms with Crippen molar-refractivity contribution in [3.8, 4) is 0 Å². The number of nitrogens with zero attached hydrogens (tertiary/aromatic N) is 1. The number of aliphatic hydroxyl groups is 1. The van der Waals surface area contributed by atoms with E-state index in [4.69, 9.17) is 4.74 Å². The van der Waals surface area contributed by atoms with Gasteiger partial charge in [0.1, 0.15) is 17.5 Å². The molecular weight excluding hydrogens is 282 g/mol. The minimum Gasteiger partial charge on any atom is -0.444 e. The number of amides is 1. The largest absolute Gasteiger partial charge is 0.444 e. The summed E-state index contributed by atoms with van der Waals surface area (Å²) < 4.78 is 30.6. The zero-order valence-corrected chi connectivity index (χ0v) is 12.1. The van der Waals surface area contributed by atoms with Crippen LogP contribution in [0.2, 0.25) is 0 Å². The molecule has 0 aromatic carbocycles. The van der Waals surface area contributed by atoms with E-state index >= 15 is 0 Å². The molecule has 0 spiro atoms. The van der Waals surface area contributed by atoms with Crippen molar-refractivity contribution in [1.29, 1.82) is 0 Å². The number of hydrogen-bond acceptors (Lipinski definition) is 4. The molecule has 0 saturated carbocycles. The molecule has 0 aliphatic rings. The first-order chi connectivity index (χ1) is 9.73. The fourth-order valence-corrected chi connectivity index (χ4v) is 1.42. The predicted octanol–water partition coefficient (Wildman–Crippen LogP) is 2.63. The van der Waals surface area contributed by atoms with Crippen molar-refractivity contribution in [3.05, 3.63) is 41.7 Å². The Morgan fingerprint density at radius 3 is 2.67 bits per heavy atom. The SMILES string of the molecule is CC(C)(C)OC(=O)NC/C(=C/F)C(O)c1ccc(F)cn1. The zero-order chi connectivity index (χ0) is 16.0. The van der Waals surface area contributed by atoms with E-state index in [9.17, 15) is 18.7 Å². The number of nitrogens with one attached hydrogen (secondary N) is 1. The molecule has 5 nitrogen and oxygen atoms in total. The van der Waals surface area contributed by atoms with Gasteiger partial charge in [0.2, 0.25) is 0 Å². The number of rotatable bonds is 4. The maximum absolute atomic E-state index is 12.8. The predicted molar refractivity (Wildman–Crippen MR) is 72.6 cm³/mol. The number of aliphatic hydroxyl groups excluding tert-OH is 1. The van der Waals surface area contributed by atoms with Crippen LogP contribution in [-0.4, -0.2) is 28.3 Å². The Hall–Kier alpha value is -2.02. The second-order valence-corrected chi connectivity index (χ2v) is 5.34. The van der Waals surface area contributed by atoms with E-state index in [1.165, 1.54) is 6.07 Å². The molecule has 0 radical (unpaired) electrons. The maximum atomic E-state index is 12.8. The van der Waals surface area contributed by atoms with Crippen molar-refractivity contribution in [2.75, 3.05) is 6.54 Å². The molecular formula is C14H18F2N2O3. The Morgan fingerprint density at radius 1 is 1.52 bits per heavy atom. The summed E-state index contributed by atoms with van der Waals surface area (Å²) >= 11 is 0. The van der Waals surface area contributed by atoms with Gasteiger partial charge in [0.15, 0.2) is 0 Å². The maximum Gasteiger partial charge on any atom is 0.407 e. The van der Waals surface area contributed by atoms with Crippen LogP contribution in [0.1, 0.15) is 32.6 Å². The molecule has 0 fully saturated rings. The molecule has 0 aliphatic carbocycles. The Bertz CT molecular complexity index is 510. The van der Waals surface area contributed by atoms with Crippen LogP contribution in [0.15, 0.2) is 30.2 Å². The van der Waals surface area contributed by atoms with Gasteiger partial charge in [-0.3, -0.25) is 4.98 Å². The quantitative estimate of drug-likeness (QED) is 0.896. The van der Waals surface area contributed by atoms with Crippen molar-refractivity contribution in [2.24, 2.45) is 0 Å². The molecule has 1 aromatic rings. The first-order valence-electron chi connectivity index (χ1n) is 6.28. The van der Waals surface area contributed by atoms with Gasteiger partial charge in [-0.25, -0.2) is 13.6 Å².